The molecule has 2 rings (SSSR count). The number of hydrogen-bond donors (Lipinski definition) is 1. The van der Waals surface area contributed by atoms with Crippen LogP contribution in [0.4, 0.5) is 0 Å². The third-order valence-corrected chi connectivity index (χ3v) is 4.94. The van der Waals surface area contributed by atoms with Gasteiger partial charge >= 0.3 is 5.97 Å². The lowest BCUT2D eigenvalue weighted by atomic mass is 10.0. The molecule has 0 saturated carbocycles. The van der Waals surface area contributed by atoms with Gasteiger partial charge in [0.05, 0.1) is 18.4 Å². The van der Waals surface area contributed by atoms with Crippen LogP contribution in [-0.4, -0.2) is 27.5 Å². The molecule has 1 N–H and O–H groups in total. The van der Waals surface area contributed by atoms with Gasteiger partial charge in [0.25, 0.3) is 0 Å². The van der Waals surface area contributed by atoms with E-state index in [1.807, 2.05) is 6.08 Å². The minimum Gasteiger partial charge on any atom is -0.469 e. The van der Waals surface area contributed by atoms with Crippen LogP contribution in [0.2, 0.25) is 0 Å². The van der Waals surface area contributed by atoms with Gasteiger partial charge in [-0.1, -0.05) is 24.3 Å². The standard InChI is InChI=1S/C15H19NO4S/c1-20-15(17)11-12-7-9-14(10-8-12)21(18,19)16-13-5-3-2-4-6-13/h2-3,7-10,13,16H,4-6,11H2,1H3. The highest BCUT2D eigenvalue weighted by Gasteiger charge is 2.20. The maximum Gasteiger partial charge on any atom is 0.309 e. The Kier molecular flexibility index (Phi) is 5.14. The lowest BCUT2D eigenvalue weighted by molar-refractivity contribution is -0.139. The third kappa shape index (κ3) is 4.41. The van der Waals surface area contributed by atoms with Crippen molar-refractivity contribution in [2.75, 3.05) is 7.11 Å². The molecule has 1 atom stereocenters. The number of nitrogens with one attached hydrogen (secondary N) is 1. The molecule has 0 spiro atoms. The molecule has 0 aromatic heterocycles. The van der Waals surface area contributed by atoms with Crippen molar-refractivity contribution in [3.05, 3.63) is 42.0 Å². The molecule has 0 bridgehead atoms. The van der Waals surface area contributed by atoms with E-state index in [0.29, 0.717) is 0 Å². The van der Waals surface area contributed by atoms with Crippen LogP contribution in [0.25, 0.3) is 0 Å². The third-order valence-electron chi connectivity index (χ3n) is 3.40. The number of methoxy groups -OCH3 is 1. The smallest absolute Gasteiger partial charge is 0.309 e. The maximum absolute atomic E-state index is 12.3. The van der Waals surface area contributed by atoms with Crippen molar-refractivity contribution in [2.45, 2.75) is 36.6 Å². The Morgan fingerprint density at radius 2 is 2.00 bits per heavy atom. The summed E-state index contributed by atoms with van der Waals surface area (Å²) in [4.78, 5) is 11.4. The van der Waals surface area contributed by atoms with Crippen LogP contribution in [0.15, 0.2) is 41.3 Å². The molecule has 1 unspecified atom stereocenters. The summed E-state index contributed by atoms with van der Waals surface area (Å²) in [5.41, 5.74) is 0.724. The van der Waals surface area contributed by atoms with Gasteiger partial charge in [0, 0.05) is 6.04 Å². The van der Waals surface area contributed by atoms with Gasteiger partial charge in [0.2, 0.25) is 10.0 Å². The Labute approximate surface area is 125 Å². The lowest BCUT2D eigenvalue weighted by Crippen LogP contribution is -2.35. The van der Waals surface area contributed by atoms with Crippen molar-refractivity contribution < 1.29 is 17.9 Å². The molecule has 5 nitrogen and oxygen atoms in total. The molecule has 0 aliphatic heterocycles. The molecule has 0 radical (unpaired) electrons. The monoisotopic (exact) mass is 309 g/mol. The first-order valence-corrected chi connectivity index (χ1v) is 8.32. The molecule has 1 aliphatic carbocycles. The predicted molar refractivity (Wildman–Crippen MR) is 79.3 cm³/mol. The number of carbonyl (C=O) groups is 1. The van der Waals surface area contributed by atoms with Crippen molar-refractivity contribution in [3.63, 3.8) is 0 Å². The second kappa shape index (κ2) is 6.87. The average molecular weight is 309 g/mol. The van der Waals surface area contributed by atoms with E-state index in [1.165, 1.54) is 19.2 Å². The summed E-state index contributed by atoms with van der Waals surface area (Å²) in [6, 6.07) is 6.24. The number of benzene rings is 1. The van der Waals surface area contributed by atoms with Gasteiger partial charge in [-0.25, -0.2) is 13.1 Å². The van der Waals surface area contributed by atoms with E-state index < -0.39 is 10.0 Å². The van der Waals surface area contributed by atoms with Crippen LogP contribution in [0.5, 0.6) is 0 Å². The van der Waals surface area contributed by atoms with Crippen LogP contribution >= 0.6 is 0 Å². The minimum absolute atomic E-state index is 0.0465. The maximum atomic E-state index is 12.3. The van der Waals surface area contributed by atoms with E-state index >= 15 is 0 Å². The summed E-state index contributed by atoms with van der Waals surface area (Å²) in [5, 5.41) is 0. The molecule has 0 amide bonds. The average Bonchev–Trinajstić information content (AvgIpc) is 2.48. The Balaban J connectivity index is 2.06. The molecule has 0 saturated heterocycles. The molecule has 6 heteroatoms. The lowest BCUT2D eigenvalue weighted by Gasteiger charge is -2.19. The number of allylic oxidation sites excluding steroid dienone is 1. The zero-order chi connectivity index (χ0) is 15.3. The largest absolute Gasteiger partial charge is 0.469 e. The molecular formula is C15H19NO4S. The quantitative estimate of drug-likeness (QED) is 0.665. The summed E-state index contributed by atoms with van der Waals surface area (Å²) in [6.45, 7) is 0. The summed E-state index contributed by atoms with van der Waals surface area (Å²) in [7, 11) is -2.19. The van der Waals surface area contributed by atoms with Crippen LogP contribution < -0.4 is 4.72 Å². The van der Waals surface area contributed by atoms with E-state index in [1.54, 1.807) is 12.1 Å². The Hall–Kier alpha value is -1.66. The number of hydrogen-bond acceptors (Lipinski definition) is 4. The second-order valence-corrected chi connectivity index (χ2v) is 6.71. The number of carbonyl (C=O) groups excluding carboxylic acids is 1. The van der Waals surface area contributed by atoms with E-state index in [4.69, 9.17) is 0 Å². The fourth-order valence-electron chi connectivity index (χ4n) is 2.21. The van der Waals surface area contributed by atoms with Crippen LogP contribution in [-0.2, 0) is 26.0 Å². The summed E-state index contributed by atoms with van der Waals surface area (Å²) in [5.74, 6) is -0.349. The first kappa shape index (κ1) is 15.7. The summed E-state index contributed by atoms with van der Waals surface area (Å²) >= 11 is 0. The van der Waals surface area contributed by atoms with Gasteiger partial charge in [-0.15, -0.1) is 0 Å². The molecule has 0 fully saturated rings. The first-order valence-electron chi connectivity index (χ1n) is 6.84. The van der Waals surface area contributed by atoms with Gasteiger partial charge in [-0.3, -0.25) is 4.79 Å². The molecule has 21 heavy (non-hydrogen) atoms. The predicted octanol–water partition coefficient (Wildman–Crippen LogP) is 1.79. The Morgan fingerprint density at radius 1 is 1.29 bits per heavy atom. The van der Waals surface area contributed by atoms with E-state index in [0.717, 1.165) is 24.8 Å². The second-order valence-electron chi connectivity index (χ2n) is 5.00. The van der Waals surface area contributed by atoms with E-state index in [9.17, 15) is 13.2 Å². The fourth-order valence-corrected chi connectivity index (χ4v) is 3.50. The zero-order valence-corrected chi connectivity index (χ0v) is 12.7. The van der Waals surface area contributed by atoms with Crippen molar-refractivity contribution in [1.82, 2.24) is 4.72 Å². The number of ether oxygens (including phenoxy) is 1. The summed E-state index contributed by atoms with van der Waals surface area (Å²) < 4.78 is 31.8. The van der Waals surface area contributed by atoms with E-state index in [2.05, 4.69) is 15.5 Å². The van der Waals surface area contributed by atoms with Crippen LogP contribution in [0.1, 0.15) is 24.8 Å². The SMILES string of the molecule is COC(=O)Cc1ccc(S(=O)(=O)NC2CC=CCC2)cc1. The minimum atomic E-state index is -3.51. The Bertz CT molecular complexity index is 620. The highest BCUT2D eigenvalue weighted by Crippen LogP contribution is 2.16. The highest BCUT2D eigenvalue weighted by atomic mass is 32.2. The molecule has 1 aromatic rings. The Morgan fingerprint density at radius 3 is 2.57 bits per heavy atom. The van der Waals surface area contributed by atoms with Gasteiger partial charge in [0.15, 0.2) is 0 Å². The first-order chi connectivity index (χ1) is 10.0. The number of sulfonamides is 1. The van der Waals surface area contributed by atoms with Crippen molar-refractivity contribution >= 4 is 16.0 Å². The molecule has 114 valence electrons. The normalized spacial score (nSPS) is 18.4. The zero-order valence-electron chi connectivity index (χ0n) is 11.9. The van der Waals surface area contributed by atoms with Crippen LogP contribution in [0.3, 0.4) is 0 Å². The molecular weight excluding hydrogens is 290 g/mol. The topological polar surface area (TPSA) is 72.5 Å². The number of esters is 1. The van der Waals surface area contributed by atoms with Crippen molar-refractivity contribution in [3.8, 4) is 0 Å². The molecule has 1 aliphatic rings. The van der Waals surface area contributed by atoms with Crippen molar-refractivity contribution in [2.24, 2.45) is 0 Å². The molecule has 1 aromatic carbocycles. The van der Waals surface area contributed by atoms with Gasteiger partial charge in [-0.05, 0) is 37.0 Å². The van der Waals surface area contributed by atoms with Gasteiger partial charge < -0.3 is 4.74 Å². The van der Waals surface area contributed by atoms with Gasteiger partial charge in [0.1, 0.15) is 0 Å². The number of rotatable bonds is 5. The van der Waals surface area contributed by atoms with Gasteiger partial charge in [-0.2, -0.15) is 0 Å². The molecule has 0 heterocycles. The van der Waals surface area contributed by atoms with E-state index in [-0.39, 0.29) is 23.3 Å². The summed E-state index contributed by atoms with van der Waals surface area (Å²) in [6.07, 6.45) is 6.63. The van der Waals surface area contributed by atoms with Crippen molar-refractivity contribution in [1.29, 1.82) is 0 Å². The highest BCUT2D eigenvalue weighted by molar-refractivity contribution is 7.89. The fraction of sp³-hybridized carbons (Fsp3) is 0.400. The van der Waals surface area contributed by atoms with Crippen LogP contribution in [0, 0.1) is 0 Å².